The van der Waals surface area contributed by atoms with Crippen LogP contribution in [0.3, 0.4) is 0 Å². The van der Waals surface area contributed by atoms with Crippen molar-refractivity contribution in [3.8, 4) is 0 Å². The minimum Gasteiger partial charge on any atom is -0.492 e. The normalized spacial score (nSPS) is 19.4. The summed E-state index contributed by atoms with van der Waals surface area (Å²) in [7, 11) is 1.25. The molecule has 0 spiro atoms. The van der Waals surface area contributed by atoms with Crippen LogP contribution in [0.1, 0.15) is 5.82 Å². The van der Waals surface area contributed by atoms with Crippen molar-refractivity contribution < 1.29 is 28.7 Å². The number of hydrogen-bond donors (Lipinski definition) is 2. The molecule has 0 aliphatic carbocycles. The third-order valence-electron chi connectivity index (χ3n) is 4.68. The number of fused-ring (bicyclic) bond motifs is 1. The minimum atomic E-state index is -0.986. The van der Waals surface area contributed by atoms with E-state index in [2.05, 4.69) is 36.6 Å². The lowest BCUT2D eigenvalue weighted by Crippen LogP contribution is -2.73. The molecule has 0 radical (unpaired) electrons. The molecule has 184 valence electrons. The number of β-lactam (4-membered cyclic amide) rings is 1. The predicted octanol–water partition coefficient (Wildman–Crippen LogP) is -0.219. The van der Waals surface area contributed by atoms with Crippen molar-refractivity contribution in [1.29, 1.82) is 0 Å². The number of aromatic nitrogens is 4. The summed E-state index contributed by atoms with van der Waals surface area (Å²) in [4.78, 5) is 48.6. The van der Waals surface area contributed by atoms with Gasteiger partial charge < -0.3 is 25.4 Å². The summed E-state index contributed by atoms with van der Waals surface area (Å²) < 4.78 is 15.6. The first-order valence-electron chi connectivity index (χ1n) is 9.82. The Balaban J connectivity index is 1.52. The first kappa shape index (κ1) is 24.6. The molecule has 17 heteroatoms. The summed E-state index contributed by atoms with van der Waals surface area (Å²) in [5, 5.41) is 14.1. The van der Waals surface area contributed by atoms with Crippen LogP contribution in [-0.2, 0) is 28.7 Å². The molecule has 14 nitrogen and oxygen atoms in total. The van der Waals surface area contributed by atoms with Gasteiger partial charge in [-0.05, 0) is 0 Å². The van der Waals surface area contributed by atoms with E-state index in [1.54, 1.807) is 5.51 Å². The fourth-order valence-electron chi connectivity index (χ4n) is 3.23. The summed E-state index contributed by atoms with van der Waals surface area (Å²) in [5.74, 6) is -1.57. The van der Waals surface area contributed by atoms with Crippen LogP contribution in [0.4, 0.5) is 5.13 Å². The number of esters is 1. The van der Waals surface area contributed by atoms with Crippen LogP contribution in [0.25, 0.3) is 0 Å². The smallest absolute Gasteiger partial charge is 0.358 e. The van der Waals surface area contributed by atoms with E-state index >= 15 is 0 Å². The molecule has 1 saturated heterocycles. The van der Waals surface area contributed by atoms with Gasteiger partial charge in [0.05, 0.1) is 5.75 Å². The molecular weight excluding hydrogens is 520 g/mol. The maximum Gasteiger partial charge on any atom is 0.358 e. The molecule has 2 aliphatic heterocycles. The number of nitrogen functional groups attached to an aromatic ring is 1. The van der Waals surface area contributed by atoms with Gasteiger partial charge in [0.25, 0.3) is 11.8 Å². The van der Waals surface area contributed by atoms with Gasteiger partial charge in [0.15, 0.2) is 15.2 Å². The van der Waals surface area contributed by atoms with Gasteiger partial charge >= 0.3 is 5.97 Å². The molecular formula is C18H18N8O6S3. The number of carbonyl (C=O) groups is 3. The second-order valence-electron chi connectivity index (χ2n) is 6.77. The Morgan fingerprint density at radius 1 is 1.51 bits per heavy atom. The monoisotopic (exact) mass is 538 g/mol. The van der Waals surface area contributed by atoms with Gasteiger partial charge in [-0.3, -0.25) is 14.5 Å². The first-order valence-corrected chi connectivity index (χ1v) is 12.5. The Bertz CT molecular complexity index is 1200. The maximum atomic E-state index is 13.1. The van der Waals surface area contributed by atoms with Gasteiger partial charge in [-0.1, -0.05) is 40.9 Å². The van der Waals surface area contributed by atoms with Crippen molar-refractivity contribution in [3.63, 3.8) is 0 Å². The Kier molecular flexibility index (Phi) is 7.57. The standard InChI is InChI=1S/C18H18N8O6S3/c1-3-4-31-16(29)12-9(6-33-18-23-20-7-34-18)32-5-8-10(15(28)26(8)12)21-14(27)11(24-30-2)13-22-17(19)35-25-13/h3,7-8,10H,1,4-6H2,2H3,(H,21,27)(H2,19,22,25)/b24-11-/t8-,10+/m1/s1. The maximum absolute atomic E-state index is 13.1. The van der Waals surface area contributed by atoms with E-state index < -0.39 is 29.9 Å². The highest BCUT2D eigenvalue weighted by molar-refractivity contribution is 8.01. The third-order valence-corrected chi connectivity index (χ3v) is 7.09. The molecule has 3 N–H and O–H groups in total. The molecule has 2 amide bonds. The number of hydrogen-bond acceptors (Lipinski definition) is 15. The molecule has 0 unspecified atom stereocenters. The number of nitrogens with two attached hydrogens (primary N) is 1. The Morgan fingerprint density at radius 3 is 3.00 bits per heavy atom. The summed E-state index contributed by atoms with van der Waals surface area (Å²) in [6.07, 6.45) is 1.41. The van der Waals surface area contributed by atoms with Crippen molar-refractivity contribution in [1.82, 2.24) is 29.8 Å². The summed E-state index contributed by atoms with van der Waals surface area (Å²) in [6.45, 7) is 3.52. The minimum absolute atomic E-state index is 0.0321. The molecule has 2 atom stereocenters. The highest BCUT2D eigenvalue weighted by Crippen LogP contribution is 2.35. The second-order valence-corrected chi connectivity index (χ2v) is 9.61. The quantitative estimate of drug-likeness (QED) is 0.101. The van der Waals surface area contributed by atoms with E-state index in [0.29, 0.717) is 4.34 Å². The van der Waals surface area contributed by atoms with Crippen LogP contribution < -0.4 is 11.1 Å². The second kappa shape index (κ2) is 10.8. The van der Waals surface area contributed by atoms with Crippen molar-refractivity contribution in [2.75, 3.05) is 31.8 Å². The van der Waals surface area contributed by atoms with E-state index in [9.17, 15) is 14.4 Å². The van der Waals surface area contributed by atoms with Gasteiger partial charge in [0, 0.05) is 11.5 Å². The van der Waals surface area contributed by atoms with Crippen molar-refractivity contribution in [2.45, 2.75) is 16.4 Å². The van der Waals surface area contributed by atoms with Crippen LogP contribution >= 0.6 is 34.6 Å². The average Bonchev–Trinajstić information content (AvgIpc) is 3.54. The van der Waals surface area contributed by atoms with Gasteiger partial charge in [-0.25, -0.2) is 4.79 Å². The molecule has 2 aromatic rings. The number of nitrogens with zero attached hydrogens (tertiary/aromatic N) is 6. The number of nitrogens with one attached hydrogen (secondary N) is 1. The van der Waals surface area contributed by atoms with Crippen molar-refractivity contribution >= 4 is 63.3 Å². The number of carbonyl (C=O) groups excluding carboxylic acids is 3. The van der Waals surface area contributed by atoms with E-state index in [1.807, 2.05) is 0 Å². The van der Waals surface area contributed by atoms with E-state index in [4.69, 9.17) is 20.0 Å². The fourth-order valence-corrected chi connectivity index (χ4v) is 5.10. The van der Waals surface area contributed by atoms with Gasteiger partial charge in [0.1, 0.15) is 43.7 Å². The summed E-state index contributed by atoms with van der Waals surface area (Å²) in [5.41, 5.74) is 6.88. The highest BCUT2D eigenvalue weighted by atomic mass is 32.2. The van der Waals surface area contributed by atoms with Crippen molar-refractivity contribution in [2.24, 2.45) is 5.16 Å². The highest BCUT2D eigenvalue weighted by Gasteiger charge is 2.55. The Morgan fingerprint density at radius 2 is 2.34 bits per heavy atom. The van der Waals surface area contributed by atoms with E-state index in [-0.39, 0.29) is 47.1 Å². The van der Waals surface area contributed by atoms with Crippen LogP contribution in [-0.4, -0.2) is 86.1 Å². The predicted molar refractivity (Wildman–Crippen MR) is 125 cm³/mol. The zero-order valence-electron chi connectivity index (χ0n) is 18.1. The topological polar surface area (TPSA) is 184 Å². The van der Waals surface area contributed by atoms with Gasteiger partial charge in [-0.2, -0.15) is 9.36 Å². The molecule has 2 aromatic heterocycles. The first-order chi connectivity index (χ1) is 16.9. The van der Waals surface area contributed by atoms with E-state index in [1.165, 1.54) is 41.2 Å². The van der Waals surface area contributed by atoms with Crippen LogP contribution in [0.15, 0.2) is 39.1 Å². The number of oxime groups is 1. The zero-order chi connectivity index (χ0) is 24.9. The van der Waals surface area contributed by atoms with Crippen LogP contribution in [0.5, 0.6) is 0 Å². The lowest BCUT2D eigenvalue weighted by atomic mass is 9.92. The van der Waals surface area contributed by atoms with Gasteiger partial charge in [0.2, 0.25) is 11.5 Å². The summed E-state index contributed by atoms with van der Waals surface area (Å²) >= 11 is 3.51. The average molecular weight is 539 g/mol. The number of anilines is 1. The van der Waals surface area contributed by atoms with E-state index in [0.717, 1.165) is 11.5 Å². The Labute approximate surface area is 210 Å². The number of amides is 2. The molecule has 35 heavy (non-hydrogen) atoms. The number of thioether (sulfide) groups is 1. The summed E-state index contributed by atoms with van der Waals surface area (Å²) in [6, 6.07) is -1.63. The fraction of sp³-hybridized carbons (Fsp3) is 0.333. The zero-order valence-corrected chi connectivity index (χ0v) is 20.5. The lowest BCUT2D eigenvalue weighted by molar-refractivity contribution is -0.161. The molecule has 0 aromatic carbocycles. The number of ether oxygens (including phenoxy) is 2. The van der Waals surface area contributed by atoms with Crippen LogP contribution in [0, 0.1) is 0 Å². The third kappa shape index (κ3) is 5.10. The lowest BCUT2D eigenvalue weighted by Gasteiger charge is -2.49. The molecule has 2 aliphatic rings. The SMILES string of the molecule is C=CCOC(=O)C1=C(CSc2nncs2)OC[C@@H]2[C@H](NC(=O)/C(=N\OC)c3nsc(N)n3)C(=O)N12. The van der Waals surface area contributed by atoms with Crippen LogP contribution in [0.2, 0.25) is 0 Å². The molecule has 1 fully saturated rings. The molecule has 4 heterocycles. The molecule has 0 saturated carbocycles. The molecule has 4 rings (SSSR count). The van der Waals surface area contributed by atoms with Gasteiger partial charge in [-0.15, -0.1) is 10.2 Å². The molecule has 0 bridgehead atoms. The number of rotatable bonds is 10. The Hall–Kier alpha value is -3.57. The van der Waals surface area contributed by atoms with Crippen molar-refractivity contribution in [3.05, 3.63) is 35.4 Å². The largest absolute Gasteiger partial charge is 0.492 e.